The quantitative estimate of drug-likeness (QED) is 0.205. The van der Waals surface area contributed by atoms with Gasteiger partial charge in [0.25, 0.3) is 0 Å². The molecule has 2 N–H and O–H groups in total. The molecule has 0 saturated carbocycles. The number of ether oxygens (including phenoxy) is 4. The fraction of sp³-hybridized carbons (Fsp3) is 0.515. The van der Waals surface area contributed by atoms with Gasteiger partial charge in [-0.3, -0.25) is 9.59 Å². The molecule has 1 aliphatic carbocycles. The van der Waals surface area contributed by atoms with Crippen molar-refractivity contribution in [1.29, 1.82) is 0 Å². The second kappa shape index (κ2) is 15.8. The smallest absolute Gasteiger partial charge is 0.306 e. The molecule has 3 unspecified atom stereocenters. The summed E-state index contributed by atoms with van der Waals surface area (Å²) < 4.78 is 22.4. The van der Waals surface area contributed by atoms with Gasteiger partial charge < -0.3 is 29.2 Å². The van der Waals surface area contributed by atoms with Crippen LogP contribution in [0.5, 0.6) is 23.0 Å². The van der Waals surface area contributed by atoms with Gasteiger partial charge in [0.2, 0.25) is 0 Å². The van der Waals surface area contributed by atoms with Gasteiger partial charge in [-0.25, -0.2) is 0 Å². The Kier molecular flexibility index (Phi) is 12.2. The Bertz CT molecular complexity index is 1240. The topological polar surface area (TPSA) is 112 Å². The van der Waals surface area contributed by atoms with Crippen molar-refractivity contribution in [2.24, 2.45) is 0 Å². The number of rotatable bonds is 10. The minimum Gasteiger partial charge on any atom is -0.504 e. The molecular weight excluding hydrogens is 524 g/mol. The lowest BCUT2D eigenvalue weighted by Gasteiger charge is -2.27. The summed E-state index contributed by atoms with van der Waals surface area (Å²) in [5.41, 5.74) is 2.59. The fourth-order valence-electron chi connectivity index (χ4n) is 5.14. The summed E-state index contributed by atoms with van der Waals surface area (Å²) in [6.07, 6.45) is 5.26. The van der Waals surface area contributed by atoms with Crippen LogP contribution >= 0.6 is 0 Å². The van der Waals surface area contributed by atoms with E-state index in [0.717, 1.165) is 42.4 Å². The number of hydrogen-bond acceptors (Lipinski definition) is 8. The average molecular weight is 567 g/mol. The molecule has 0 heterocycles. The van der Waals surface area contributed by atoms with Gasteiger partial charge in [0.15, 0.2) is 23.0 Å². The first-order valence-electron chi connectivity index (χ1n) is 14.3. The summed E-state index contributed by atoms with van der Waals surface area (Å²) in [5.74, 6) is 6.26. The van der Waals surface area contributed by atoms with Crippen LogP contribution in [0.3, 0.4) is 0 Å². The van der Waals surface area contributed by atoms with Crippen LogP contribution in [0.2, 0.25) is 0 Å². The van der Waals surface area contributed by atoms with Crippen LogP contribution < -0.4 is 9.47 Å². The molecule has 2 aromatic carbocycles. The third-order valence-corrected chi connectivity index (χ3v) is 7.29. The van der Waals surface area contributed by atoms with Crippen LogP contribution in [0, 0.1) is 11.8 Å². The Labute approximate surface area is 243 Å². The van der Waals surface area contributed by atoms with Gasteiger partial charge in [-0.05, 0) is 60.2 Å². The Morgan fingerprint density at radius 1 is 0.902 bits per heavy atom. The highest BCUT2D eigenvalue weighted by Gasteiger charge is 2.27. The Morgan fingerprint density at radius 2 is 1.66 bits per heavy atom. The highest BCUT2D eigenvalue weighted by molar-refractivity contribution is 5.69. The SMILES string of the molecule is CCCCCCC(=O)OC1CC(OC(C)=O)CCc2cc(OC)c(O)cc2CC#CC(c2ccc(O)c(OC)c2)C1. The summed E-state index contributed by atoms with van der Waals surface area (Å²) in [5, 5.41) is 20.6. The van der Waals surface area contributed by atoms with Gasteiger partial charge in [0.1, 0.15) is 12.2 Å². The third kappa shape index (κ3) is 9.63. The standard InChI is InChI=1S/C33H42O8/c1-5-6-7-8-12-33(37)41-28-17-23(26-14-16-29(35)31(19-26)38-3)10-9-11-24-18-30(36)32(39-4)20-25(24)13-15-27(21-28)40-22(2)34/h14,16,18-20,23,27-28,35-36H,5-8,11-13,15,17,21H2,1-4H3. The number of unbranched alkanes of at least 4 members (excludes halogenated alkanes) is 3. The molecule has 0 aromatic heterocycles. The molecule has 3 rings (SSSR count). The summed E-state index contributed by atoms with van der Waals surface area (Å²) in [6, 6.07) is 8.53. The molecule has 0 saturated heterocycles. The van der Waals surface area contributed by atoms with Gasteiger partial charge in [-0.2, -0.15) is 0 Å². The second-order valence-electron chi connectivity index (χ2n) is 10.4. The third-order valence-electron chi connectivity index (χ3n) is 7.29. The number of hydrogen-bond donors (Lipinski definition) is 2. The van der Waals surface area contributed by atoms with Crippen molar-refractivity contribution < 1.29 is 38.7 Å². The molecule has 0 fully saturated rings. The monoisotopic (exact) mass is 566 g/mol. The molecule has 0 spiro atoms. The van der Waals surface area contributed by atoms with Crippen molar-refractivity contribution in [2.75, 3.05) is 14.2 Å². The maximum atomic E-state index is 12.9. The summed E-state index contributed by atoms with van der Waals surface area (Å²) in [4.78, 5) is 24.9. The van der Waals surface area contributed by atoms with Gasteiger partial charge in [-0.1, -0.05) is 44.1 Å². The Morgan fingerprint density at radius 3 is 2.37 bits per heavy atom. The van der Waals surface area contributed by atoms with Crippen LogP contribution in [0.25, 0.3) is 0 Å². The molecule has 0 bridgehead atoms. The predicted octanol–water partition coefficient (Wildman–Crippen LogP) is 5.99. The van der Waals surface area contributed by atoms with E-state index in [9.17, 15) is 19.8 Å². The van der Waals surface area contributed by atoms with Gasteiger partial charge >= 0.3 is 11.9 Å². The lowest BCUT2D eigenvalue weighted by Crippen LogP contribution is -2.29. The first-order valence-corrected chi connectivity index (χ1v) is 14.3. The number of benzene rings is 2. The molecule has 8 nitrogen and oxygen atoms in total. The van der Waals surface area contributed by atoms with Crippen molar-refractivity contribution >= 4 is 11.9 Å². The molecule has 1 aliphatic rings. The van der Waals surface area contributed by atoms with Crippen molar-refractivity contribution in [3.8, 4) is 34.8 Å². The van der Waals surface area contributed by atoms with Gasteiger partial charge in [0, 0.05) is 38.5 Å². The van der Waals surface area contributed by atoms with E-state index in [0.29, 0.717) is 50.0 Å². The first kappa shape index (κ1) is 31.7. The van der Waals surface area contributed by atoms with Gasteiger partial charge in [0.05, 0.1) is 14.2 Å². The number of carbonyl (C=O) groups is 2. The molecule has 2 aromatic rings. The molecule has 0 amide bonds. The average Bonchev–Trinajstić information content (AvgIpc) is 2.93. The van der Waals surface area contributed by atoms with E-state index in [1.165, 1.54) is 21.1 Å². The molecule has 222 valence electrons. The number of phenolic OH excluding ortho intramolecular Hbond substituents is 2. The van der Waals surface area contributed by atoms with Crippen molar-refractivity contribution in [2.45, 2.75) is 96.2 Å². The van der Waals surface area contributed by atoms with Crippen LogP contribution in [0.1, 0.15) is 87.8 Å². The van der Waals surface area contributed by atoms with E-state index in [2.05, 4.69) is 18.8 Å². The Hall–Kier alpha value is -3.86. The largest absolute Gasteiger partial charge is 0.504 e. The normalized spacial score (nSPS) is 18.9. The number of methoxy groups -OCH3 is 2. The molecule has 0 radical (unpaired) electrons. The highest BCUT2D eigenvalue weighted by Crippen LogP contribution is 2.34. The Balaban J connectivity index is 2.00. The number of fused-ring (bicyclic) bond motifs is 1. The van der Waals surface area contributed by atoms with E-state index >= 15 is 0 Å². The van der Waals surface area contributed by atoms with Crippen molar-refractivity contribution in [3.63, 3.8) is 0 Å². The lowest BCUT2D eigenvalue weighted by atomic mass is 9.88. The lowest BCUT2D eigenvalue weighted by molar-refractivity contribution is -0.155. The molecule has 0 aliphatic heterocycles. The van der Waals surface area contributed by atoms with E-state index in [-0.39, 0.29) is 23.4 Å². The van der Waals surface area contributed by atoms with Crippen LogP contribution in [-0.4, -0.2) is 48.6 Å². The van der Waals surface area contributed by atoms with Gasteiger partial charge in [-0.15, -0.1) is 0 Å². The number of esters is 2. The maximum Gasteiger partial charge on any atom is 0.306 e. The summed E-state index contributed by atoms with van der Waals surface area (Å²) in [6.45, 7) is 3.49. The minimum atomic E-state index is -0.551. The minimum absolute atomic E-state index is 0.0145. The fourth-order valence-corrected chi connectivity index (χ4v) is 5.14. The molecule has 3 atom stereocenters. The first-order chi connectivity index (χ1) is 19.7. The molecule has 8 heteroatoms. The molecule has 41 heavy (non-hydrogen) atoms. The van der Waals surface area contributed by atoms with Crippen LogP contribution in [0.4, 0.5) is 0 Å². The van der Waals surface area contributed by atoms with E-state index < -0.39 is 18.2 Å². The zero-order valence-corrected chi connectivity index (χ0v) is 24.5. The number of aryl methyl sites for hydroxylation is 1. The highest BCUT2D eigenvalue weighted by atomic mass is 16.6. The zero-order chi connectivity index (χ0) is 29.8. The number of aromatic hydroxyl groups is 2. The molecular formula is C33H42O8. The maximum absolute atomic E-state index is 12.9. The summed E-state index contributed by atoms with van der Waals surface area (Å²) in [7, 11) is 2.98. The predicted molar refractivity (Wildman–Crippen MR) is 155 cm³/mol. The number of carbonyl (C=O) groups excluding carboxylic acids is 2. The van der Waals surface area contributed by atoms with Crippen LogP contribution in [-0.2, 0) is 31.9 Å². The van der Waals surface area contributed by atoms with E-state index in [1.54, 1.807) is 30.3 Å². The van der Waals surface area contributed by atoms with E-state index in [4.69, 9.17) is 18.9 Å². The van der Waals surface area contributed by atoms with Crippen molar-refractivity contribution in [3.05, 3.63) is 47.0 Å². The van der Waals surface area contributed by atoms with E-state index in [1.807, 2.05) is 0 Å². The zero-order valence-electron chi connectivity index (χ0n) is 24.5. The van der Waals surface area contributed by atoms with Crippen LogP contribution in [0.15, 0.2) is 30.3 Å². The summed E-state index contributed by atoms with van der Waals surface area (Å²) >= 11 is 0. The van der Waals surface area contributed by atoms with Crippen molar-refractivity contribution in [1.82, 2.24) is 0 Å². The number of phenols is 2. The second-order valence-corrected chi connectivity index (χ2v) is 10.4.